The molecule has 0 radical (unpaired) electrons. The highest BCUT2D eigenvalue weighted by molar-refractivity contribution is 7.17. The van der Waals surface area contributed by atoms with Crippen LogP contribution in [0.15, 0.2) is 0 Å². The van der Waals surface area contributed by atoms with E-state index in [1.54, 1.807) is 6.92 Å². The lowest BCUT2D eigenvalue weighted by Gasteiger charge is -2.36. The monoisotopic (exact) mass is 423 g/mol. The average Bonchev–Trinajstić information content (AvgIpc) is 2.97. The first-order valence-corrected chi connectivity index (χ1v) is 11.1. The van der Waals surface area contributed by atoms with Gasteiger partial charge in [0.1, 0.15) is 5.00 Å². The molecule has 0 bridgehead atoms. The zero-order valence-electron chi connectivity index (χ0n) is 18.6. The predicted octanol–water partition coefficient (Wildman–Crippen LogP) is 4.75. The summed E-state index contributed by atoms with van der Waals surface area (Å²) in [5.41, 5.74) is 0.311. The van der Waals surface area contributed by atoms with Gasteiger partial charge in [0.05, 0.1) is 12.2 Å². The van der Waals surface area contributed by atoms with E-state index >= 15 is 0 Å². The minimum atomic E-state index is -1.34. The van der Waals surface area contributed by atoms with Crippen LogP contribution in [0.25, 0.3) is 0 Å². The molecule has 162 valence electrons. The first kappa shape index (κ1) is 23.4. The van der Waals surface area contributed by atoms with Gasteiger partial charge in [-0.15, -0.1) is 11.3 Å². The molecule has 0 saturated carbocycles. The van der Waals surface area contributed by atoms with Crippen LogP contribution in [0.2, 0.25) is 0 Å². The molecule has 0 saturated heterocycles. The van der Waals surface area contributed by atoms with E-state index in [-0.39, 0.29) is 12.0 Å². The van der Waals surface area contributed by atoms with E-state index < -0.39 is 23.4 Å². The van der Waals surface area contributed by atoms with Crippen molar-refractivity contribution in [3.63, 3.8) is 0 Å². The molecule has 2 rings (SSSR count). The highest BCUT2D eigenvalue weighted by Crippen LogP contribution is 2.45. The Bertz CT molecular complexity index is 793. The van der Waals surface area contributed by atoms with Gasteiger partial charge in [0.25, 0.3) is 5.91 Å². The van der Waals surface area contributed by atoms with E-state index in [4.69, 9.17) is 9.47 Å². The summed E-state index contributed by atoms with van der Waals surface area (Å²) >= 11 is 1.44. The summed E-state index contributed by atoms with van der Waals surface area (Å²) in [5, 5.41) is 3.30. The number of hydrogen-bond donors (Lipinski definition) is 1. The average molecular weight is 424 g/mol. The molecule has 0 aliphatic heterocycles. The quantitative estimate of drug-likeness (QED) is 0.640. The van der Waals surface area contributed by atoms with Gasteiger partial charge in [0, 0.05) is 11.8 Å². The second-order valence-corrected chi connectivity index (χ2v) is 9.87. The lowest BCUT2D eigenvalue weighted by molar-refractivity contribution is -0.160. The van der Waals surface area contributed by atoms with Crippen molar-refractivity contribution >= 4 is 34.2 Å². The van der Waals surface area contributed by atoms with Crippen LogP contribution in [0.4, 0.5) is 5.00 Å². The Morgan fingerprint density at radius 1 is 1.17 bits per heavy atom. The molecule has 1 aliphatic carbocycles. The Morgan fingerprint density at radius 2 is 1.83 bits per heavy atom. The van der Waals surface area contributed by atoms with Crippen LogP contribution in [-0.2, 0) is 31.9 Å². The summed E-state index contributed by atoms with van der Waals surface area (Å²) in [7, 11) is 0. The fourth-order valence-electron chi connectivity index (χ4n) is 3.71. The zero-order valence-corrected chi connectivity index (χ0v) is 19.4. The topological polar surface area (TPSA) is 81.7 Å². The minimum Gasteiger partial charge on any atom is -0.462 e. The van der Waals surface area contributed by atoms with Crippen LogP contribution in [0.5, 0.6) is 0 Å². The molecule has 7 heteroatoms. The summed E-state index contributed by atoms with van der Waals surface area (Å²) in [5.74, 6) is -0.901. The van der Waals surface area contributed by atoms with Gasteiger partial charge in [0.2, 0.25) is 0 Å². The number of esters is 2. The van der Waals surface area contributed by atoms with Crippen molar-refractivity contribution in [2.24, 2.45) is 11.3 Å². The molecule has 1 N–H and O–H groups in total. The molecule has 0 aromatic carbocycles. The van der Waals surface area contributed by atoms with E-state index in [0.717, 1.165) is 36.1 Å². The number of fused-ring (bicyclic) bond motifs is 1. The second kappa shape index (κ2) is 8.86. The highest BCUT2D eigenvalue weighted by Gasteiger charge is 2.37. The van der Waals surface area contributed by atoms with Crippen molar-refractivity contribution in [2.75, 3.05) is 11.9 Å². The van der Waals surface area contributed by atoms with E-state index in [9.17, 15) is 14.4 Å². The molecule has 1 amide bonds. The fraction of sp³-hybridized carbons (Fsp3) is 0.682. The van der Waals surface area contributed by atoms with Gasteiger partial charge in [-0.25, -0.2) is 4.79 Å². The molecular formula is C22H33NO5S. The summed E-state index contributed by atoms with van der Waals surface area (Å²) in [6, 6.07) is 0. The molecule has 1 aromatic heterocycles. The Labute approximate surface area is 177 Å². The minimum absolute atomic E-state index is 0.215. The lowest BCUT2D eigenvalue weighted by Crippen LogP contribution is -2.41. The van der Waals surface area contributed by atoms with Gasteiger partial charge >= 0.3 is 11.9 Å². The van der Waals surface area contributed by atoms with Gasteiger partial charge in [-0.05, 0) is 56.9 Å². The van der Waals surface area contributed by atoms with Crippen LogP contribution in [0.1, 0.15) is 82.1 Å². The van der Waals surface area contributed by atoms with Crippen molar-refractivity contribution in [1.29, 1.82) is 0 Å². The molecule has 0 spiro atoms. The molecule has 0 fully saturated rings. The third kappa shape index (κ3) is 5.18. The van der Waals surface area contributed by atoms with Crippen LogP contribution < -0.4 is 5.32 Å². The Kier molecular flexibility index (Phi) is 7.14. The standard InChI is InChI=1S/C22H33NO5S/c1-8-21(4,5)14-10-11-15-16(12-14)29-18(17(15)19(25)27-9-2)23-20(26)22(6,7)28-13(3)24/h14H,8-12H2,1-7H3,(H,23,26)/t14-/m1/s1. The zero-order chi connectivity index (χ0) is 22.0. The van der Waals surface area contributed by atoms with Crippen LogP contribution in [0.3, 0.4) is 0 Å². The van der Waals surface area contributed by atoms with Crippen LogP contribution >= 0.6 is 11.3 Å². The third-order valence-electron chi connectivity index (χ3n) is 5.93. The Balaban J connectivity index is 2.39. The molecule has 29 heavy (non-hydrogen) atoms. The Morgan fingerprint density at radius 3 is 2.38 bits per heavy atom. The Hall–Kier alpha value is -1.89. The summed E-state index contributed by atoms with van der Waals surface area (Å²) < 4.78 is 10.4. The van der Waals surface area contributed by atoms with Gasteiger partial charge in [-0.1, -0.05) is 27.2 Å². The first-order chi connectivity index (χ1) is 13.4. The number of rotatable bonds is 7. The molecule has 1 heterocycles. The SMILES string of the molecule is CCOC(=O)c1c(NC(=O)C(C)(C)OC(C)=O)sc2c1CC[C@@H](C(C)(C)CC)C2. The largest absolute Gasteiger partial charge is 0.462 e. The molecule has 1 aromatic rings. The number of ether oxygens (including phenoxy) is 2. The number of anilines is 1. The van der Waals surface area contributed by atoms with Crippen molar-refractivity contribution in [1.82, 2.24) is 0 Å². The molecular weight excluding hydrogens is 390 g/mol. The van der Waals surface area contributed by atoms with E-state index in [1.807, 2.05) is 0 Å². The van der Waals surface area contributed by atoms with Gasteiger partial charge in [-0.3, -0.25) is 9.59 Å². The van der Waals surface area contributed by atoms with Crippen LogP contribution in [-0.4, -0.2) is 30.1 Å². The number of carbonyl (C=O) groups excluding carboxylic acids is 3. The number of hydrogen-bond acceptors (Lipinski definition) is 6. The van der Waals surface area contributed by atoms with Crippen molar-refractivity contribution in [3.05, 3.63) is 16.0 Å². The van der Waals surface area contributed by atoms with Gasteiger partial charge in [-0.2, -0.15) is 0 Å². The van der Waals surface area contributed by atoms with Crippen LogP contribution in [0, 0.1) is 11.3 Å². The highest BCUT2D eigenvalue weighted by atomic mass is 32.1. The number of nitrogens with one attached hydrogen (secondary N) is 1. The van der Waals surface area contributed by atoms with E-state index in [2.05, 4.69) is 26.1 Å². The molecule has 1 aliphatic rings. The molecule has 1 atom stereocenters. The summed E-state index contributed by atoms with van der Waals surface area (Å²) in [6.45, 7) is 13.1. The van der Waals surface area contributed by atoms with Crippen molar-refractivity contribution in [2.45, 2.75) is 79.8 Å². The lowest BCUT2D eigenvalue weighted by atomic mass is 9.69. The van der Waals surface area contributed by atoms with E-state index in [0.29, 0.717) is 16.5 Å². The number of amides is 1. The van der Waals surface area contributed by atoms with Crippen molar-refractivity contribution < 1.29 is 23.9 Å². The fourth-order valence-corrected chi connectivity index (χ4v) is 5.02. The van der Waals surface area contributed by atoms with Gasteiger partial charge in [0.15, 0.2) is 5.60 Å². The smallest absolute Gasteiger partial charge is 0.341 e. The maximum Gasteiger partial charge on any atom is 0.341 e. The maximum absolute atomic E-state index is 12.8. The summed E-state index contributed by atoms with van der Waals surface area (Å²) in [4.78, 5) is 37.9. The van der Waals surface area contributed by atoms with E-state index in [1.165, 1.54) is 32.1 Å². The normalized spacial score (nSPS) is 16.7. The maximum atomic E-state index is 12.8. The summed E-state index contributed by atoms with van der Waals surface area (Å²) in [6.07, 6.45) is 3.76. The second-order valence-electron chi connectivity index (χ2n) is 8.77. The van der Waals surface area contributed by atoms with Crippen molar-refractivity contribution in [3.8, 4) is 0 Å². The molecule has 6 nitrogen and oxygen atoms in total. The van der Waals surface area contributed by atoms with Gasteiger partial charge < -0.3 is 14.8 Å². The molecule has 0 unspecified atom stereocenters. The third-order valence-corrected chi connectivity index (χ3v) is 7.10. The number of thiophene rings is 1. The number of carbonyl (C=O) groups is 3. The first-order valence-electron chi connectivity index (χ1n) is 10.3. The predicted molar refractivity (Wildman–Crippen MR) is 114 cm³/mol.